The number of rotatable bonds is 1. The van der Waals surface area contributed by atoms with Crippen molar-refractivity contribution in [2.75, 3.05) is 6.61 Å². The van der Waals surface area contributed by atoms with Crippen molar-refractivity contribution in [3.05, 3.63) is 0 Å². The van der Waals surface area contributed by atoms with Gasteiger partial charge in [0.25, 0.3) is 0 Å². The van der Waals surface area contributed by atoms with E-state index in [1.54, 1.807) is 13.8 Å². The monoisotopic (exact) mass is 284 g/mol. The van der Waals surface area contributed by atoms with Gasteiger partial charge in [0.2, 0.25) is 0 Å². The molecule has 2 heteroatoms. The summed E-state index contributed by atoms with van der Waals surface area (Å²) in [6.45, 7) is 3.59. The van der Waals surface area contributed by atoms with Crippen molar-refractivity contribution in [3.8, 4) is 12.3 Å². The molecule has 1 nitrogen and oxygen atoms in total. The summed E-state index contributed by atoms with van der Waals surface area (Å²) < 4.78 is 6.49. The second-order valence-electron chi connectivity index (χ2n) is 2.17. The molecule has 0 saturated carbocycles. The van der Waals surface area contributed by atoms with Gasteiger partial charge in [0.05, 0.1) is 6.61 Å². The fourth-order valence-electron chi connectivity index (χ4n) is 0.0395. The minimum Gasteiger partial charge on any atom is -0.395 e. The standard InChI is InChI=1S/C6H10O.W/c1-4-6(2,3)5-7;/h1,7H,5H2,2-3H3;/i1T;. The maximum absolute atomic E-state index is 8.54. The third kappa shape index (κ3) is 4.37. The fourth-order valence-corrected chi connectivity index (χ4v) is 0.0395. The SMILES string of the molecule is [3H]C#CC(C)(C)CO.[W]. The average molecular weight is 284 g/mol. The molecule has 0 radical (unpaired) electrons. The Bertz CT molecular complexity index is 123. The van der Waals surface area contributed by atoms with Crippen LogP contribution >= 0.6 is 0 Å². The fraction of sp³-hybridized carbons (Fsp3) is 0.667. The van der Waals surface area contributed by atoms with Crippen LogP contribution in [-0.4, -0.2) is 11.7 Å². The van der Waals surface area contributed by atoms with Crippen LogP contribution in [0.15, 0.2) is 0 Å². The van der Waals surface area contributed by atoms with E-state index in [4.69, 9.17) is 6.48 Å². The van der Waals surface area contributed by atoms with Crippen molar-refractivity contribution >= 4 is 0 Å². The number of terminal acetylenes is 1. The van der Waals surface area contributed by atoms with Crippen LogP contribution in [-0.2, 0) is 21.1 Å². The number of hydrogen-bond donors (Lipinski definition) is 1. The number of aliphatic hydroxyl groups is 1. The first-order chi connectivity index (χ1) is 3.62. The number of aliphatic hydroxyl groups excluding tert-OH is 1. The maximum atomic E-state index is 8.54. The summed E-state index contributed by atoms with van der Waals surface area (Å²) in [5.41, 5.74) is -0.401. The second-order valence-corrected chi connectivity index (χ2v) is 2.17. The van der Waals surface area contributed by atoms with E-state index in [-0.39, 0.29) is 27.7 Å². The van der Waals surface area contributed by atoms with Crippen molar-refractivity contribution < 1.29 is 27.5 Å². The molecule has 0 aliphatic carbocycles. The van der Waals surface area contributed by atoms with Crippen molar-refractivity contribution in [1.29, 1.82) is 0 Å². The van der Waals surface area contributed by atoms with E-state index < -0.39 is 5.41 Å². The minimum absolute atomic E-state index is 0. The molecule has 0 aromatic rings. The van der Waals surface area contributed by atoms with E-state index in [9.17, 15) is 0 Å². The Morgan fingerprint density at radius 1 is 1.88 bits per heavy atom. The molecule has 0 amide bonds. The summed E-state index contributed by atoms with van der Waals surface area (Å²) in [5, 5.41) is 8.54. The molecule has 0 fully saturated rings. The van der Waals surface area contributed by atoms with Gasteiger partial charge in [0.1, 0.15) is 1.37 Å². The smallest absolute Gasteiger partial charge is 0.124 e. The minimum atomic E-state index is -0.401. The first-order valence-corrected chi connectivity index (χ1v) is 2.17. The van der Waals surface area contributed by atoms with Gasteiger partial charge in [0.15, 0.2) is 0 Å². The summed E-state index contributed by atoms with van der Waals surface area (Å²) in [7, 11) is 0. The van der Waals surface area contributed by atoms with Gasteiger partial charge in [-0.1, -0.05) is 5.92 Å². The third-order valence-corrected chi connectivity index (χ3v) is 0.734. The zero-order chi connectivity index (χ0) is 6.62. The van der Waals surface area contributed by atoms with Gasteiger partial charge in [-0.05, 0) is 13.8 Å². The van der Waals surface area contributed by atoms with Crippen molar-refractivity contribution in [1.82, 2.24) is 0 Å². The Morgan fingerprint density at radius 3 is 2.50 bits per heavy atom. The van der Waals surface area contributed by atoms with E-state index in [0.717, 1.165) is 0 Å². The topological polar surface area (TPSA) is 20.2 Å². The Labute approximate surface area is 66.2 Å². The van der Waals surface area contributed by atoms with Gasteiger partial charge in [-0.15, -0.1) is 6.40 Å². The van der Waals surface area contributed by atoms with Crippen LogP contribution in [0.25, 0.3) is 0 Å². The summed E-state index contributed by atoms with van der Waals surface area (Å²) in [6, 6.07) is 0. The van der Waals surface area contributed by atoms with Gasteiger partial charge in [-0.25, -0.2) is 0 Å². The predicted octanol–water partition coefficient (Wildman–Crippen LogP) is 0.636. The first kappa shape index (κ1) is 8.21. The second kappa shape index (κ2) is 4.12. The van der Waals surface area contributed by atoms with Gasteiger partial charge >= 0.3 is 0 Å². The Hall–Kier alpha value is 0.208. The van der Waals surface area contributed by atoms with Crippen LogP contribution in [0.3, 0.4) is 0 Å². The van der Waals surface area contributed by atoms with E-state index in [1.165, 1.54) is 0 Å². The predicted molar refractivity (Wildman–Crippen MR) is 29.7 cm³/mol. The zero-order valence-electron chi connectivity index (χ0n) is 6.06. The molecule has 0 saturated heterocycles. The Balaban J connectivity index is 0. The molecule has 0 aliphatic heterocycles. The van der Waals surface area contributed by atoms with Crippen LogP contribution in [0.4, 0.5) is 0 Å². The molecule has 0 aromatic heterocycles. The molecule has 0 spiro atoms. The van der Waals surface area contributed by atoms with Gasteiger partial charge in [0, 0.05) is 26.5 Å². The Morgan fingerprint density at radius 2 is 2.38 bits per heavy atom. The van der Waals surface area contributed by atoms with E-state index >= 15 is 0 Å². The zero-order valence-corrected chi connectivity index (χ0v) is 8.00. The molecule has 1 N–H and O–H groups in total. The molecule has 46 valence electrons. The molecule has 8 heavy (non-hydrogen) atoms. The first-order valence-electron chi connectivity index (χ1n) is 2.67. The van der Waals surface area contributed by atoms with Gasteiger partial charge in [-0.2, -0.15) is 0 Å². The summed E-state index contributed by atoms with van der Waals surface area (Å²) >= 11 is 0. The normalized spacial score (nSPS) is 10.1. The summed E-state index contributed by atoms with van der Waals surface area (Å²) in [4.78, 5) is 0. The van der Waals surface area contributed by atoms with Crippen LogP contribution in [0.1, 0.15) is 15.2 Å². The summed E-state index contributed by atoms with van der Waals surface area (Å²) in [6.07, 6.45) is 2.00. The van der Waals surface area contributed by atoms with Crippen LogP contribution in [0, 0.1) is 17.7 Å². The molecule has 0 unspecified atom stereocenters. The van der Waals surface area contributed by atoms with E-state index in [0.29, 0.717) is 0 Å². The van der Waals surface area contributed by atoms with Crippen LogP contribution in [0.2, 0.25) is 0 Å². The van der Waals surface area contributed by atoms with Crippen molar-refractivity contribution in [2.24, 2.45) is 5.41 Å². The van der Waals surface area contributed by atoms with Crippen molar-refractivity contribution in [2.45, 2.75) is 13.8 Å². The Kier molecular flexibility index (Phi) is 4.23. The molecule has 0 bridgehead atoms. The van der Waals surface area contributed by atoms with Crippen LogP contribution in [0.5, 0.6) is 0 Å². The van der Waals surface area contributed by atoms with E-state index in [1.807, 2.05) is 6.40 Å². The molecule has 0 rings (SSSR count). The van der Waals surface area contributed by atoms with Crippen molar-refractivity contribution in [3.63, 3.8) is 0 Å². The molecule has 0 aliphatic rings. The average Bonchev–Trinajstić information content (AvgIpc) is 1.67. The summed E-state index contributed by atoms with van der Waals surface area (Å²) in [5.74, 6) is 2.54. The third-order valence-electron chi connectivity index (χ3n) is 0.734. The quantitative estimate of drug-likeness (QED) is 0.700. The maximum Gasteiger partial charge on any atom is 0.124 e. The molecule has 0 aromatic carbocycles. The molecule has 0 heterocycles. The molecular weight excluding hydrogens is 272 g/mol. The molecular formula is C6H10OW. The largest absolute Gasteiger partial charge is 0.395 e. The van der Waals surface area contributed by atoms with Crippen LogP contribution < -0.4 is 0 Å². The van der Waals surface area contributed by atoms with E-state index in [2.05, 4.69) is 5.92 Å². The molecule has 0 atom stereocenters. The van der Waals surface area contributed by atoms with Gasteiger partial charge in [-0.3, -0.25) is 0 Å². The van der Waals surface area contributed by atoms with Gasteiger partial charge < -0.3 is 5.11 Å². The number of hydrogen-bond acceptors (Lipinski definition) is 1.